The number of anilines is 1. The number of carbonyl (C=O) groups excluding carboxylic acids is 1. The first-order chi connectivity index (χ1) is 8.77. The number of nitrogens with zero attached hydrogens (tertiary/aromatic N) is 1. The molecule has 0 saturated carbocycles. The third-order valence-electron chi connectivity index (χ3n) is 3.24. The summed E-state index contributed by atoms with van der Waals surface area (Å²) in [5, 5.41) is 0. The number of rotatable bonds is 1. The van der Waals surface area contributed by atoms with Crippen molar-refractivity contribution < 1.29 is 4.79 Å². The van der Waals surface area contributed by atoms with Gasteiger partial charge in [-0.2, -0.15) is 0 Å². The highest BCUT2D eigenvalue weighted by Gasteiger charge is 2.25. The van der Waals surface area contributed by atoms with E-state index in [0.717, 1.165) is 33.4 Å². The molecule has 0 fully saturated rings. The normalized spacial score (nSPS) is 14.5. The Labute approximate surface area is 120 Å². The van der Waals surface area contributed by atoms with Crippen LogP contribution in [0.15, 0.2) is 48.5 Å². The quantitative estimate of drug-likeness (QED) is 0.722. The average Bonchev–Trinajstić information content (AvgIpc) is 2.41. The zero-order valence-electron chi connectivity index (χ0n) is 9.77. The summed E-state index contributed by atoms with van der Waals surface area (Å²) in [5.41, 5.74) is 3.01. The van der Waals surface area contributed by atoms with Gasteiger partial charge in [0.15, 0.2) is 0 Å². The Morgan fingerprint density at radius 3 is 2.56 bits per heavy atom. The van der Waals surface area contributed by atoms with Gasteiger partial charge in [0.1, 0.15) is 0 Å². The molecule has 1 aliphatic heterocycles. The van der Waals surface area contributed by atoms with Gasteiger partial charge in [-0.15, -0.1) is 0 Å². The first-order valence-corrected chi connectivity index (χ1v) is 6.99. The number of hydrogen-bond acceptors (Lipinski definition) is 1. The van der Waals surface area contributed by atoms with Crippen molar-refractivity contribution in [1.29, 1.82) is 0 Å². The lowest BCUT2D eigenvalue weighted by Crippen LogP contribution is -2.38. The van der Waals surface area contributed by atoms with E-state index >= 15 is 0 Å². The third kappa shape index (κ3) is 1.92. The van der Waals surface area contributed by atoms with Crippen molar-refractivity contribution >= 4 is 34.2 Å². The molecule has 3 rings (SSSR count). The maximum Gasteiger partial charge on any atom is 0.258 e. The highest BCUT2D eigenvalue weighted by atomic mass is 127. The minimum atomic E-state index is 0.112. The van der Waals surface area contributed by atoms with E-state index in [0.29, 0.717) is 0 Å². The van der Waals surface area contributed by atoms with Crippen LogP contribution < -0.4 is 4.90 Å². The Morgan fingerprint density at radius 2 is 1.72 bits per heavy atom. The first-order valence-electron chi connectivity index (χ1n) is 5.91. The SMILES string of the molecule is O=C1c2ccccc2CCN1c1ccccc1I. The van der Waals surface area contributed by atoms with Crippen LogP contribution in [0.1, 0.15) is 15.9 Å². The van der Waals surface area contributed by atoms with Gasteiger partial charge in [-0.25, -0.2) is 0 Å². The lowest BCUT2D eigenvalue weighted by Gasteiger charge is -2.29. The molecular formula is C15H12INO. The van der Waals surface area contributed by atoms with E-state index in [9.17, 15) is 4.79 Å². The van der Waals surface area contributed by atoms with Crippen LogP contribution in [-0.4, -0.2) is 12.5 Å². The molecule has 0 radical (unpaired) electrons. The number of hydrogen-bond donors (Lipinski definition) is 0. The van der Waals surface area contributed by atoms with Crippen LogP contribution in [0.3, 0.4) is 0 Å². The van der Waals surface area contributed by atoms with Crippen molar-refractivity contribution in [3.8, 4) is 0 Å². The molecule has 0 bridgehead atoms. The summed E-state index contributed by atoms with van der Waals surface area (Å²) < 4.78 is 1.11. The standard InChI is InChI=1S/C15H12INO/c16-13-7-3-4-8-14(13)17-10-9-11-5-1-2-6-12(11)15(17)18/h1-8H,9-10H2. The monoisotopic (exact) mass is 349 g/mol. The molecule has 90 valence electrons. The molecule has 0 aromatic heterocycles. The molecule has 2 aromatic rings. The largest absolute Gasteiger partial charge is 0.307 e. The van der Waals surface area contributed by atoms with Crippen LogP contribution in [0.4, 0.5) is 5.69 Å². The van der Waals surface area contributed by atoms with Crippen molar-refractivity contribution in [1.82, 2.24) is 0 Å². The summed E-state index contributed by atoms with van der Waals surface area (Å²) in [5.74, 6) is 0.112. The Balaban J connectivity index is 2.03. The van der Waals surface area contributed by atoms with Crippen molar-refractivity contribution in [2.45, 2.75) is 6.42 Å². The van der Waals surface area contributed by atoms with E-state index in [-0.39, 0.29) is 5.91 Å². The molecule has 0 N–H and O–H groups in total. The molecule has 2 aromatic carbocycles. The smallest absolute Gasteiger partial charge is 0.258 e. The summed E-state index contributed by atoms with van der Waals surface area (Å²) in [4.78, 5) is 14.4. The molecule has 18 heavy (non-hydrogen) atoms. The second-order valence-corrected chi connectivity index (χ2v) is 5.48. The third-order valence-corrected chi connectivity index (χ3v) is 4.15. The van der Waals surface area contributed by atoms with Crippen LogP contribution in [0.5, 0.6) is 0 Å². The second-order valence-electron chi connectivity index (χ2n) is 4.32. The van der Waals surface area contributed by atoms with E-state index < -0.39 is 0 Å². The van der Waals surface area contributed by atoms with Crippen LogP contribution in [0.2, 0.25) is 0 Å². The predicted octanol–water partition coefficient (Wildman–Crippen LogP) is 3.49. The van der Waals surface area contributed by atoms with Gasteiger partial charge in [-0.05, 0) is 52.8 Å². The molecule has 0 aliphatic carbocycles. The maximum atomic E-state index is 12.5. The van der Waals surface area contributed by atoms with Gasteiger partial charge < -0.3 is 4.90 Å². The number of benzene rings is 2. The molecular weight excluding hydrogens is 337 g/mol. The highest BCUT2D eigenvalue weighted by molar-refractivity contribution is 14.1. The molecule has 1 heterocycles. The first kappa shape index (κ1) is 11.7. The van der Waals surface area contributed by atoms with Crippen molar-refractivity contribution in [3.63, 3.8) is 0 Å². The lowest BCUT2D eigenvalue weighted by molar-refractivity contribution is 0.0980. The Morgan fingerprint density at radius 1 is 1.00 bits per heavy atom. The van der Waals surface area contributed by atoms with E-state index in [1.54, 1.807) is 0 Å². The fourth-order valence-electron chi connectivity index (χ4n) is 2.33. The van der Waals surface area contributed by atoms with E-state index in [1.165, 1.54) is 0 Å². The Kier molecular flexibility index (Phi) is 3.07. The van der Waals surface area contributed by atoms with Crippen molar-refractivity contribution in [3.05, 3.63) is 63.2 Å². The fourth-order valence-corrected chi connectivity index (χ4v) is 3.01. The molecule has 0 unspecified atom stereocenters. The van der Waals surface area contributed by atoms with Crippen molar-refractivity contribution in [2.75, 3.05) is 11.4 Å². The second kappa shape index (κ2) is 4.72. The minimum Gasteiger partial charge on any atom is -0.307 e. The summed E-state index contributed by atoms with van der Waals surface area (Å²) in [7, 11) is 0. The predicted molar refractivity (Wildman–Crippen MR) is 81.0 cm³/mol. The average molecular weight is 349 g/mol. The van der Waals surface area contributed by atoms with Gasteiger partial charge >= 0.3 is 0 Å². The fraction of sp³-hybridized carbons (Fsp3) is 0.133. The lowest BCUT2D eigenvalue weighted by atomic mass is 9.99. The highest BCUT2D eigenvalue weighted by Crippen LogP contribution is 2.27. The summed E-state index contributed by atoms with van der Waals surface area (Å²) in [6.07, 6.45) is 0.923. The topological polar surface area (TPSA) is 20.3 Å². The summed E-state index contributed by atoms with van der Waals surface area (Å²) in [6.45, 7) is 0.760. The zero-order chi connectivity index (χ0) is 12.5. The van der Waals surface area contributed by atoms with Crippen LogP contribution in [0.25, 0.3) is 0 Å². The molecule has 1 amide bonds. The van der Waals surface area contributed by atoms with Gasteiger partial charge in [-0.1, -0.05) is 30.3 Å². The Bertz CT molecular complexity index is 609. The molecule has 2 nitrogen and oxygen atoms in total. The maximum absolute atomic E-state index is 12.5. The molecule has 0 spiro atoms. The van der Waals surface area contributed by atoms with Gasteiger partial charge in [-0.3, -0.25) is 4.79 Å². The van der Waals surface area contributed by atoms with Gasteiger partial charge in [0, 0.05) is 15.7 Å². The van der Waals surface area contributed by atoms with Crippen LogP contribution in [-0.2, 0) is 6.42 Å². The van der Waals surface area contributed by atoms with Crippen LogP contribution >= 0.6 is 22.6 Å². The number of halogens is 1. The minimum absolute atomic E-state index is 0.112. The van der Waals surface area contributed by atoms with Crippen molar-refractivity contribution in [2.24, 2.45) is 0 Å². The van der Waals surface area contributed by atoms with E-state index in [1.807, 2.05) is 53.4 Å². The van der Waals surface area contributed by atoms with Gasteiger partial charge in [0.05, 0.1) is 5.69 Å². The van der Waals surface area contributed by atoms with E-state index in [2.05, 4.69) is 22.6 Å². The molecule has 0 atom stereocenters. The number of para-hydroxylation sites is 1. The summed E-state index contributed by atoms with van der Waals surface area (Å²) >= 11 is 2.28. The Hall–Kier alpha value is -1.36. The summed E-state index contributed by atoms with van der Waals surface area (Å²) in [6, 6.07) is 15.9. The molecule has 1 aliphatic rings. The number of fused-ring (bicyclic) bond motifs is 1. The van der Waals surface area contributed by atoms with Gasteiger partial charge in [0.25, 0.3) is 5.91 Å². The molecule has 0 saturated heterocycles. The van der Waals surface area contributed by atoms with Crippen LogP contribution in [0, 0.1) is 3.57 Å². The zero-order valence-corrected chi connectivity index (χ0v) is 11.9. The number of carbonyl (C=O) groups is 1. The molecule has 3 heteroatoms. The number of amides is 1. The van der Waals surface area contributed by atoms with E-state index in [4.69, 9.17) is 0 Å². The van der Waals surface area contributed by atoms with Gasteiger partial charge in [0.2, 0.25) is 0 Å².